The number of hydrogen-bond donors (Lipinski definition) is 0. The van der Waals surface area contributed by atoms with Gasteiger partial charge in [-0.2, -0.15) is 5.01 Å². The van der Waals surface area contributed by atoms with Crippen LogP contribution in [0, 0.1) is 35.5 Å². The van der Waals surface area contributed by atoms with E-state index in [-0.39, 0.29) is 27.4 Å². The minimum Gasteiger partial charge on any atom is -0.292 e. The van der Waals surface area contributed by atoms with E-state index in [2.05, 4.69) is 28.1 Å². The highest BCUT2D eigenvalue weighted by atomic mass is 79.9. The van der Waals surface area contributed by atoms with Gasteiger partial charge in [-0.25, -0.2) is 5.01 Å². The van der Waals surface area contributed by atoms with Gasteiger partial charge in [0.05, 0.1) is 21.9 Å². The van der Waals surface area contributed by atoms with Crippen LogP contribution >= 0.6 is 39.1 Å². The van der Waals surface area contributed by atoms with Gasteiger partial charge in [-0.3, -0.25) is 19.2 Å². The van der Waals surface area contributed by atoms with Crippen molar-refractivity contribution < 1.29 is 19.2 Å². The van der Waals surface area contributed by atoms with E-state index in [1.807, 2.05) is 0 Å². The predicted molar refractivity (Wildman–Crippen MR) is 133 cm³/mol. The summed E-state index contributed by atoms with van der Waals surface area (Å²) in [5, 5.41) is 2.33. The van der Waals surface area contributed by atoms with Crippen LogP contribution in [0.5, 0.6) is 0 Å². The molecule has 1 heterocycles. The number of imide groups is 1. The molecule has 9 heteroatoms. The standard InChI is InChI=1S/C26H19BrCl2N2O4/c27-14-4-1-12(2-5-14)21(32)11-30(24(33)13-3-8-19(28)20(29)9-13)31-25(34)22-15-6-7-16(18-10-17(15)18)23(22)26(31)35/h1-9,15-18,22-23H,10-11H2/t15-,16-,17-,18+,22+,23-/m1/s1. The highest BCUT2D eigenvalue weighted by Gasteiger charge is 2.68. The number of carbonyl (C=O) groups is 4. The van der Waals surface area contributed by atoms with E-state index < -0.39 is 41.9 Å². The molecule has 0 unspecified atom stereocenters. The molecule has 7 rings (SSSR count). The fourth-order valence-corrected chi connectivity index (χ4v) is 6.62. The van der Waals surface area contributed by atoms with Gasteiger partial charge >= 0.3 is 0 Å². The molecule has 0 aromatic heterocycles. The molecule has 0 N–H and O–H groups in total. The lowest BCUT2D eigenvalue weighted by Crippen LogP contribution is -2.52. The second kappa shape index (κ2) is 8.29. The largest absolute Gasteiger partial charge is 0.292 e. The van der Waals surface area contributed by atoms with Crippen LogP contribution in [0.3, 0.4) is 0 Å². The maximum Gasteiger partial charge on any atom is 0.273 e. The molecule has 1 saturated heterocycles. The van der Waals surface area contributed by atoms with Crippen molar-refractivity contribution in [2.45, 2.75) is 6.42 Å². The highest BCUT2D eigenvalue weighted by molar-refractivity contribution is 9.10. The second-order valence-electron chi connectivity index (χ2n) is 9.56. The number of carbonyl (C=O) groups excluding carboxylic acids is 4. The second-order valence-corrected chi connectivity index (χ2v) is 11.3. The summed E-state index contributed by atoms with van der Waals surface area (Å²) < 4.78 is 0.799. The fraction of sp³-hybridized carbons (Fsp3) is 0.308. The van der Waals surface area contributed by atoms with Crippen molar-refractivity contribution in [3.8, 4) is 0 Å². The van der Waals surface area contributed by atoms with Gasteiger partial charge in [0, 0.05) is 15.6 Å². The Morgan fingerprint density at radius 2 is 1.46 bits per heavy atom. The topological polar surface area (TPSA) is 74.8 Å². The molecule has 178 valence electrons. The van der Waals surface area contributed by atoms with Gasteiger partial charge in [-0.15, -0.1) is 0 Å². The van der Waals surface area contributed by atoms with Crippen molar-refractivity contribution in [2.75, 3.05) is 6.54 Å². The number of Topliss-reactive ketones (excluding diaryl/α,β-unsaturated/α-hetero) is 1. The Morgan fingerprint density at radius 3 is 2.03 bits per heavy atom. The molecule has 5 aliphatic rings. The smallest absolute Gasteiger partial charge is 0.273 e. The van der Waals surface area contributed by atoms with E-state index in [1.165, 1.54) is 18.2 Å². The minimum absolute atomic E-state index is 0.000512. The lowest BCUT2D eigenvalue weighted by molar-refractivity contribution is -0.154. The van der Waals surface area contributed by atoms with E-state index in [4.69, 9.17) is 23.2 Å². The Morgan fingerprint density at radius 1 is 0.886 bits per heavy atom. The van der Waals surface area contributed by atoms with Crippen LogP contribution in [0.2, 0.25) is 10.0 Å². The van der Waals surface area contributed by atoms with E-state index in [1.54, 1.807) is 24.3 Å². The molecule has 1 aliphatic heterocycles. The van der Waals surface area contributed by atoms with Crippen molar-refractivity contribution in [3.63, 3.8) is 0 Å². The quantitative estimate of drug-likeness (QED) is 0.285. The normalized spacial score (nSPS) is 29.7. The number of halogens is 3. The molecule has 2 saturated carbocycles. The molecule has 4 aliphatic carbocycles. The van der Waals surface area contributed by atoms with Crippen molar-refractivity contribution in [2.24, 2.45) is 35.5 Å². The number of allylic oxidation sites excluding steroid dienone is 2. The van der Waals surface area contributed by atoms with E-state index in [9.17, 15) is 19.2 Å². The first-order valence-corrected chi connectivity index (χ1v) is 12.9. The lowest BCUT2D eigenvalue weighted by atomic mass is 9.63. The SMILES string of the molecule is O=C(CN(C(=O)c1ccc(Cl)c(Cl)c1)N1C(=O)[C@@H]2[C@@H]3C=C[C@H]([C@H]4C[C@@H]34)[C@@H]2C1=O)c1ccc(Br)cc1. The van der Waals surface area contributed by atoms with Crippen molar-refractivity contribution in [3.05, 3.63) is 80.3 Å². The van der Waals surface area contributed by atoms with E-state index in [0.717, 1.165) is 20.9 Å². The summed E-state index contributed by atoms with van der Waals surface area (Å²) in [6.07, 6.45) is 5.16. The van der Waals surface area contributed by atoms with Gasteiger partial charge in [0.15, 0.2) is 5.78 Å². The molecule has 2 aromatic rings. The highest BCUT2D eigenvalue weighted by Crippen LogP contribution is 2.65. The Balaban J connectivity index is 1.37. The lowest BCUT2D eigenvalue weighted by Gasteiger charge is -2.37. The molecule has 0 spiro atoms. The molecule has 3 fully saturated rings. The Hall–Kier alpha value is -2.48. The van der Waals surface area contributed by atoms with Crippen LogP contribution in [-0.2, 0) is 9.59 Å². The third-order valence-corrected chi connectivity index (χ3v) is 9.01. The first kappa shape index (κ1) is 23.0. The molecule has 2 bridgehead atoms. The van der Waals surface area contributed by atoms with Crippen molar-refractivity contribution in [1.82, 2.24) is 10.0 Å². The number of amides is 3. The van der Waals surface area contributed by atoms with Gasteiger partial charge in [0.25, 0.3) is 17.7 Å². The van der Waals surface area contributed by atoms with Crippen LogP contribution in [0.15, 0.2) is 59.1 Å². The zero-order chi connectivity index (χ0) is 24.6. The summed E-state index contributed by atoms with van der Waals surface area (Å²) in [6, 6.07) is 11.0. The molecule has 6 atom stereocenters. The number of hydrazine groups is 1. The summed E-state index contributed by atoms with van der Waals surface area (Å²) in [4.78, 5) is 54.2. The third-order valence-electron chi connectivity index (χ3n) is 7.74. The third kappa shape index (κ3) is 3.59. The molecule has 2 aromatic carbocycles. The van der Waals surface area contributed by atoms with Gasteiger partial charge in [0.2, 0.25) is 0 Å². The zero-order valence-corrected chi connectivity index (χ0v) is 21.3. The number of benzene rings is 2. The number of ketones is 1. The predicted octanol–water partition coefficient (Wildman–Crippen LogP) is 5.05. The van der Waals surface area contributed by atoms with Crippen molar-refractivity contribution >= 4 is 62.6 Å². The van der Waals surface area contributed by atoms with Gasteiger partial charge in [-0.05, 0) is 60.4 Å². The summed E-state index contributed by atoms with van der Waals surface area (Å²) in [5.41, 5.74) is 0.488. The van der Waals surface area contributed by atoms with Crippen LogP contribution < -0.4 is 0 Å². The zero-order valence-electron chi connectivity index (χ0n) is 18.2. The molecular formula is C26H19BrCl2N2O4. The first-order valence-electron chi connectivity index (χ1n) is 11.4. The summed E-state index contributed by atoms with van der Waals surface area (Å²) in [5.74, 6) is -2.03. The maximum absolute atomic E-state index is 13.7. The molecule has 0 radical (unpaired) electrons. The Kier molecular flexibility index (Phi) is 5.43. The van der Waals surface area contributed by atoms with Crippen LogP contribution in [0.25, 0.3) is 0 Å². The monoisotopic (exact) mass is 572 g/mol. The fourth-order valence-electron chi connectivity index (χ4n) is 6.05. The van der Waals surface area contributed by atoms with E-state index >= 15 is 0 Å². The van der Waals surface area contributed by atoms with Crippen molar-refractivity contribution in [1.29, 1.82) is 0 Å². The summed E-state index contributed by atoms with van der Waals surface area (Å²) in [6.45, 7) is -0.465. The minimum atomic E-state index is -0.667. The Bertz CT molecular complexity index is 1290. The van der Waals surface area contributed by atoms with Crippen LogP contribution in [0.4, 0.5) is 0 Å². The molecular weight excluding hydrogens is 555 g/mol. The van der Waals surface area contributed by atoms with Gasteiger partial charge in [-0.1, -0.05) is 63.4 Å². The van der Waals surface area contributed by atoms with Crippen LogP contribution in [0.1, 0.15) is 27.1 Å². The van der Waals surface area contributed by atoms with E-state index in [0.29, 0.717) is 17.4 Å². The number of hydrogen-bond acceptors (Lipinski definition) is 4. The molecule has 3 amide bonds. The van der Waals surface area contributed by atoms with Crippen LogP contribution in [-0.4, -0.2) is 40.1 Å². The summed E-state index contributed by atoms with van der Waals surface area (Å²) >= 11 is 15.5. The average Bonchev–Trinajstić information content (AvgIpc) is 3.63. The Labute approximate surface area is 219 Å². The molecule has 35 heavy (non-hydrogen) atoms. The molecule has 6 nitrogen and oxygen atoms in total. The number of rotatable bonds is 5. The summed E-state index contributed by atoms with van der Waals surface area (Å²) in [7, 11) is 0. The van der Waals surface area contributed by atoms with Gasteiger partial charge in [0.1, 0.15) is 6.54 Å². The average molecular weight is 574 g/mol. The first-order chi connectivity index (χ1) is 16.8. The van der Waals surface area contributed by atoms with Gasteiger partial charge < -0.3 is 0 Å². The maximum atomic E-state index is 13.7. The number of nitrogens with zero attached hydrogens (tertiary/aromatic N) is 2.